The number of carbonyl (C=O) groups is 2. The molecular weight excluding hydrogens is 358 g/mol. The standard InChI is InChI=1S/C21H27N3O4/c1-24(13-9-16-6-10-22-11-7-16)21(26)15-20(25)23-12-8-17-4-5-18(27-2)19(14-17)28-3/h4-7,10-11,14H,8-9,12-13,15H2,1-3H3,(H,23,25). The summed E-state index contributed by atoms with van der Waals surface area (Å²) in [5, 5.41) is 2.79. The molecule has 0 spiro atoms. The second-order valence-corrected chi connectivity index (χ2v) is 6.39. The summed E-state index contributed by atoms with van der Waals surface area (Å²) in [5.41, 5.74) is 2.12. The van der Waals surface area contributed by atoms with Crippen molar-refractivity contribution in [2.45, 2.75) is 19.3 Å². The first-order valence-corrected chi connectivity index (χ1v) is 9.14. The average Bonchev–Trinajstić information content (AvgIpc) is 2.72. The van der Waals surface area contributed by atoms with E-state index in [1.807, 2.05) is 30.3 Å². The fourth-order valence-electron chi connectivity index (χ4n) is 2.69. The number of aromatic nitrogens is 1. The van der Waals surface area contributed by atoms with E-state index in [-0.39, 0.29) is 18.2 Å². The molecule has 2 rings (SSSR count). The smallest absolute Gasteiger partial charge is 0.231 e. The lowest BCUT2D eigenvalue weighted by atomic mass is 10.1. The molecule has 0 saturated heterocycles. The minimum atomic E-state index is -0.277. The van der Waals surface area contributed by atoms with Gasteiger partial charge in [0.2, 0.25) is 11.8 Å². The van der Waals surface area contributed by atoms with E-state index < -0.39 is 0 Å². The summed E-state index contributed by atoms with van der Waals surface area (Å²) in [6, 6.07) is 9.46. The maximum absolute atomic E-state index is 12.2. The molecule has 7 heteroatoms. The van der Waals surface area contributed by atoms with Crippen LogP contribution in [-0.2, 0) is 22.4 Å². The van der Waals surface area contributed by atoms with Crippen LogP contribution in [0.15, 0.2) is 42.7 Å². The average molecular weight is 385 g/mol. The molecule has 0 aliphatic heterocycles. The minimum absolute atomic E-state index is 0.154. The molecule has 0 unspecified atom stereocenters. The molecule has 0 bridgehead atoms. The summed E-state index contributed by atoms with van der Waals surface area (Å²) in [7, 11) is 4.88. The predicted octanol–water partition coefficient (Wildman–Crippen LogP) is 1.85. The van der Waals surface area contributed by atoms with Gasteiger partial charge in [-0.15, -0.1) is 0 Å². The van der Waals surface area contributed by atoms with E-state index >= 15 is 0 Å². The number of benzene rings is 1. The second kappa shape index (κ2) is 10.9. The highest BCUT2D eigenvalue weighted by atomic mass is 16.5. The van der Waals surface area contributed by atoms with E-state index in [9.17, 15) is 9.59 Å². The molecule has 0 radical (unpaired) electrons. The Balaban J connectivity index is 1.72. The van der Waals surface area contributed by atoms with E-state index in [4.69, 9.17) is 9.47 Å². The largest absolute Gasteiger partial charge is 0.493 e. The third-order valence-electron chi connectivity index (χ3n) is 4.41. The van der Waals surface area contributed by atoms with Crippen molar-refractivity contribution in [1.29, 1.82) is 0 Å². The number of pyridine rings is 1. The number of likely N-dealkylation sites (N-methyl/N-ethyl adjacent to an activating group) is 1. The van der Waals surface area contributed by atoms with Gasteiger partial charge in [0, 0.05) is 32.5 Å². The maximum Gasteiger partial charge on any atom is 0.231 e. The monoisotopic (exact) mass is 385 g/mol. The Morgan fingerprint density at radius 2 is 1.71 bits per heavy atom. The van der Waals surface area contributed by atoms with E-state index in [0.717, 1.165) is 17.5 Å². The summed E-state index contributed by atoms with van der Waals surface area (Å²) in [4.78, 5) is 29.8. The maximum atomic E-state index is 12.2. The van der Waals surface area contributed by atoms with Crippen LogP contribution < -0.4 is 14.8 Å². The number of nitrogens with zero attached hydrogens (tertiary/aromatic N) is 2. The van der Waals surface area contributed by atoms with Crippen LogP contribution in [0.3, 0.4) is 0 Å². The van der Waals surface area contributed by atoms with E-state index in [1.54, 1.807) is 38.6 Å². The third-order valence-corrected chi connectivity index (χ3v) is 4.41. The molecule has 2 amide bonds. The van der Waals surface area contributed by atoms with Gasteiger partial charge in [0.25, 0.3) is 0 Å². The van der Waals surface area contributed by atoms with Gasteiger partial charge in [-0.25, -0.2) is 0 Å². The number of methoxy groups -OCH3 is 2. The Hall–Kier alpha value is -3.09. The molecule has 1 aromatic carbocycles. The number of amides is 2. The van der Waals surface area contributed by atoms with E-state index in [1.165, 1.54) is 0 Å². The van der Waals surface area contributed by atoms with Gasteiger partial charge in [0.15, 0.2) is 11.5 Å². The Labute approximate surface area is 165 Å². The molecule has 0 atom stereocenters. The van der Waals surface area contributed by atoms with Crippen molar-refractivity contribution in [3.8, 4) is 11.5 Å². The highest BCUT2D eigenvalue weighted by molar-refractivity contribution is 5.96. The molecular formula is C21H27N3O4. The van der Waals surface area contributed by atoms with Gasteiger partial charge in [-0.3, -0.25) is 14.6 Å². The number of carbonyl (C=O) groups excluding carboxylic acids is 2. The molecule has 7 nitrogen and oxygen atoms in total. The van der Waals surface area contributed by atoms with Crippen molar-refractivity contribution in [3.63, 3.8) is 0 Å². The molecule has 1 heterocycles. The zero-order valence-electron chi connectivity index (χ0n) is 16.6. The highest BCUT2D eigenvalue weighted by Crippen LogP contribution is 2.27. The van der Waals surface area contributed by atoms with Crippen LogP contribution in [0.2, 0.25) is 0 Å². The van der Waals surface area contributed by atoms with Crippen LogP contribution in [0, 0.1) is 0 Å². The molecule has 0 aliphatic carbocycles. The molecule has 0 aliphatic rings. The molecule has 1 aromatic heterocycles. The summed E-state index contributed by atoms with van der Waals surface area (Å²) in [6.45, 7) is 1.00. The second-order valence-electron chi connectivity index (χ2n) is 6.39. The number of nitrogens with one attached hydrogen (secondary N) is 1. The van der Waals surface area contributed by atoms with Gasteiger partial charge < -0.3 is 19.7 Å². The van der Waals surface area contributed by atoms with Crippen molar-refractivity contribution >= 4 is 11.8 Å². The van der Waals surface area contributed by atoms with Crippen LogP contribution in [0.5, 0.6) is 11.5 Å². The first kappa shape index (κ1) is 21.2. The van der Waals surface area contributed by atoms with Crippen molar-refractivity contribution < 1.29 is 19.1 Å². The first-order chi connectivity index (χ1) is 13.5. The van der Waals surface area contributed by atoms with Crippen LogP contribution >= 0.6 is 0 Å². The number of hydrogen-bond acceptors (Lipinski definition) is 5. The van der Waals surface area contributed by atoms with Crippen LogP contribution in [0.1, 0.15) is 17.5 Å². The Morgan fingerprint density at radius 1 is 1.00 bits per heavy atom. The van der Waals surface area contributed by atoms with Crippen LogP contribution in [0.4, 0.5) is 0 Å². The molecule has 2 aromatic rings. The summed E-state index contributed by atoms with van der Waals surface area (Å²) in [6.07, 6.45) is 4.66. The van der Waals surface area contributed by atoms with Gasteiger partial charge in [0.1, 0.15) is 6.42 Å². The van der Waals surface area contributed by atoms with Crippen molar-refractivity contribution in [2.24, 2.45) is 0 Å². The van der Waals surface area contributed by atoms with Crippen molar-refractivity contribution in [2.75, 3.05) is 34.4 Å². The molecule has 0 saturated carbocycles. The fourth-order valence-corrected chi connectivity index (χ4v) is 2.69. The van der Waals surface area contributed by atoms with Gasteiger partial charge in [-0.1, -0.05) is 6.07 Å². The molecule has 0 fully saturated rings. The third kappa shape index (κ3) is 6.57. The summed E-state index contributed by atoms with van der Waals surface area (Å²) < 4.78 is 10.5. The van der Waals surface area contributed by atoms with Gasteiger partial charge in [-0.05, 0) is 48.2 Å². The van der Waals surface area contributed by atoms with Crippen molar-refractivity contribution in [1.82, 2.24) is 15.2 Å². The Kier molecular flexibility index (Phi) is 8.27. The molecule has 1 N–H and O–H groups in total. The number of hydrogen-bond donors (Lipinski definition) is 1. The fraction of sp³-hybridized carbons (Fsp3) is 0.381. The minimum Gasteiger partial charge on any atom is -0.493 e. The highest BCUT2D eigenvalue weighted by Gasteiger charge is 2.14. The van der Waals surface area contributed by atoms with Crippen molar-refractivity contribution in [3.05, 3.63) is 53.9 Å². The quantitative estimate of drug-likeness (QED) is 0.632. The van der Waals surface area contributed by atoms with Gasteiger partial charge in [-0.2, -0.15) is 0 Å². The number of rotatable bonds is 10. The van der Waals surface area contributed by atoms with E-state index in [0.29, 0.717) is 31.0 Å². The SMILES string of the molecule is COc1ccc(CCNC(=O)CC(=O)N(C)CCc2ccncc2)cc1OC. The van der Waals surface area contributed by atoms with Gasteiger partial charge in [0.05, 0.1) is 14.2 Å². The molecule has 150 valence electrons. The zero-order valence-corrected chi connectivity index (χ0v) is 16.6. The lowest BCUT2D eigenvalue weighted by Crippen LogP contribution is -2.35. The summed E-state index contributed by atoms with van der Waals surface area (Å²) in [5.74, 6) is 0.840. The van der Waals surface area contributed by atoms with Gasteiger partial charge >= 0.3 is 0 Å². The van der Waals surface area contributed by atoms with Crippen LogP contribution in [0.25, 0.3) is 0 Å². The Bertz CT molecular complexity index is 780. The van der Waals surface area contributed by atoms with Crippen LogP contribution in [-0.4, -0.2) is 56.1 Å². The predicted molar refractivity (Wildman–Crippen MR) is 106 cm³/mol. The topological polar surface area (TPSA) is 80.8 Å². The van der Waals surface area contributed by atoms with E-state index in [2.05, 4.69) is 10.3 Å². The first-order valence-electron chi connectivity index (χ1n) is 9.14. The molecule has 28 heavy (non-hydrogen) atoms. The summed E-state index contributed by atoms with van der Waals surface area (Å²) >= 11 is 0. The normalized spacial score (nSPS) is 10.2. The zero-order chi connectivity index (χ0) is 20.4. The lowest BCUT2D eigenvalue weighted by molar-refractivity contribution is -0.135. The lowest BCUT2D eigenvalue weighted by Gasteiger charge is -2.17. The number of ether oxygens (including phenoxy) is 2. The Morgan fingerprint density at radius 3 is 2.39 bits per heavy atom.